The van der Waals surface area contributed by atoms with E-state index in [0.717, 1.165) is 24.3 Å². The Balaban J connectivity index is 1.95. The number of methoxy groups -OCH3 is 1. The standard InChI is InChI=1S/C13H17NO3/c1-16-7-2-8-17-11-5-3-10-4-6-13(15)14-12(10)9-11/h3,5,9H,2,4,6-8H2,1H3,(H,14,15). The van der Waals surface area contributed by atoms with Crippen LogP contribution in [0.4, 0.5) is 5.69 Å². The topological polar surface area (TPSA) is 47.6 Å². The lowest BCUT2D eigenvalue weighted by molar-refractivity contribution is -0.116. The van der Waals surface area contributed by atoms with Crippen LogP contribution in [0.5, 0.6) is 5.75 Å². The maximum atomic E-state index is 11.3. The average Bonchev–Trinajstić information content (AvgIpc) is 2.34. The molecule has 92 valence electrons. The monoisotopic (exact) mass is 235 g/mol. The van der Waals surface area contributed by atoms with Gasteiger partial charge in [0.15, 0.2) is 0 Å². The summed E-state index contributed by atoms with van der Waals surface area (Å²) in [5.74, 6) is 0.871. The highest BCUT2D eigenvalue weighted by atomic mass is 16.5. The van der Waals surface area contributed by atoms with E-state index in [0.29, 0.717) is 19.6 Å². The normalized spacial score (nSPS) is 14.1. The Kier molecular flexibility index (Phi) is 3.98. The number of amides is 1. The molecule has 0 aromatic heterocycles. The quantitative estimate of drug-likeness (QED) is 0.794. The van der Waals surface area contributed by atoms with Gasteiger partial charge >= 0.3 is 0 Å². The molecular weight excluding hydrogens is 218 g/mol. The van der Waals surface area contributed by atoms with Crippen LogP contribution >= 0.6 is 0 Å². The first-order valence-corrected chi connectivity index (χ1v) is 5.84. The molecule has 0 bridgehead atoms. The average molecular weight is 235 g/mol. The van der Waals surface area contributed by atoms with Gasteiger partial charge in [0.05, 0.1) is 6.61 Å². The molecule has 17 heavy (non-hydrogen) atoms. The first kappa shape index (κ1) is 11.9. The second kappa shape index (κ2) is 5.68. The smallest absolute Gasteiger partial charge is 0.224 e. The van der Waals surface area contributed by atoms with Crippen LogP contribution in [0.2, 0.25) is 0 Å². The van der Waals surface area contributed by atoms with Gasteiger partial charge in [0.2, 0.25) is 5.91 Å². The van der Waals surface area contributed by atoms with Gasteiger partial charge in [0, 0.05) is 38.3 Å². The zero-order valence-electron chi connectivity index (χ0n) is 9.99. The summed E-state index contributed by atoms with van der Waals surface area (Å²) in [7, 11) is 1.68. The van der Waals surface area contributed by atoms with E-state index in [1.165, 1.54) is 5.56 Å². The summed E-state index contributed by atoms with van der Waals surface area (Å²) < 4.78 is 10.5. The van der Waals surface area contributed by atoms with Crippen LogP contribution in [0.25, 0.3) is 0 Å². The van der Waals surface area contributed by atoms with Gasteiger partial charge in [-0.1, -0.05) is 6.07 Å². The van der Waals surface area contributed by atoms with Gasteiger partial charge in [-0.05, 0) is 18.1 Å². The summed E-state index contributed by atoms with van der Waals surface area (Å²) in [6, 6.07) is 5.85. The summed E-state index contributed by atoms with van der Waals surface area (Å²) in [6.45, 7) is 1.32. The van der Waals surface area contributed by atoms with Crippen LogP contribution in [-0.4, -0.2) is 26.2 Å². The zero-order valence-corrected chi connectivity index (χ0v) is 9.99. The van der Waals surface area contributed by atoms with E-state index in [4.69, 9.17) is 9.47 Å². The number of benzene rings is 1. The van der Waals surface area contributed by atoms with Gasteiger partial charge in [-0.2, -0.15) is 0 Å². The van der Waals surface area contributed by atoms with Crippen molar-refractivity contribution in [3.63, 3.8) is 0 Å². The van der Waals surface area contributed by atoms with Crippen molar-refractivity contribution in [2.75, 3.05) is 25.6 Å². The fraction of sp³-hybridized carbons (Fsp3) is 0.462. The highest BCUT2D eigenvalue weighted by Gasteiger charge is 2.14. The number of fused-ring (bicyclic) bond motifs is 1. The van der Waals surface area contributed by atoms with E-state index in [-0.39, 0.29) is 5.91 Å². The molecule has 0 atom stereocenters. The first-order chi connectivity index (χ1) is 8.29. The minimum Gasteiger partial charge on any atom is -0.493 e. The Morgan fingerprint density at radius 2 is 2.18 bits per heavy atom. The maximum Gasteiger partial charge on any atom is 0.224 e. The number of aryl methyl sites for hydroxylation is 1. The van der Waals surface area contributed by atoms with Crippen LogP contribution in [0.1, 0.15) is 18.4 Å². The third-order valence-corrected chi connectivity index (χ3v) is 2.74. The molecule has 0 unspecified atom stereocenters. The Labute approximate surface area is 101 Å². The molecule has 4 heteroatoms. The Bertz CT molecular complexity index is 404. The second-order valence-corrected chi connectivity index (χ2v) is 4.06. The fourth-order valence-corrected chi connectivity index (χ4v) is 1.83. The molecular formula is C13H17NO3. The molecule has 1 N–H and O–H groups in total. The summed E-state index contributed by atoms with van der Waals surface area (Å²) in [5, 5.41) is 2.86. The van der Waals surface area contributed by atoms with Crippen molar-refractivity contribution in [2.24, 2.45) is 0 Å². The van der Waals surface area contributed by atoms with Crippen molar-refractivity contribution in [2.45, 2.75) is 19.3 Å². The highest BCUT2D eigenvalue weighted by Crippen LogP contribution is 2.27. The Morgan fingerprint density at radius 3 is 3.00 bits per heavy atom. The van der Waals surface area contributed by atoms with Crippen LogP contribution in [0, 0.1) is 0 Å². The van der Waals surface area contributed by atoms with E-state index in [2.05, 4.69) is 5.32 Å². The highest BCUT2D eigenvalue weighted by molar-refractivity contribution is 5.94. The number of rotatable bonds is 5. The van der Waals surface area contributed by atoms with Gasteiger partial charge in [-0.15, -0.1) is 0 Å². The van der Waals surface area contributed by atoms with Crippen molar-refractivity contribution < 1.29 is 14.3 Å². The first-order valence-electron chi connectivity index (χ1n) is 5.84. The molecule has 0 fully saturated rings. The fourth-order valence-electron chi connectivity index (χ4n) is 1.83. The number of carbonyl (C=O) groups excluding carboxylic acids is 1. The van der Waals surface area contributed by atoms with E-state index in [1.54, 1.807) is 7.11 Å². The molecule has 0 radical (unpaired) electrons. The summed E-state index contributed by atoms with van der Waals surface area (Å²) >= 11 is 0. The van der Waals surface area contributed by atoms with Crippen molar-refractivity contribution in [3.05, 3.63) is 23.8 Å². The zero-order chi connectivity index (χ0) is 12.1. The molecule has 2 rings (SSSR count). The van der Waals surface area contributed by atoms with Gasteiger partial charge in [0.25, 0.3) is 0 Å². The third kappa shape index (κ3) is 3.20. The molecule has 1 aliphatic rings. The molecule has 1 aromatic rings. The van der Waals surface area contributed by atoms with Crippen LogP contribution < -0.4 is 10.1 Å². The molecule has 0 aliphatic carbocycles. The lowest BCUT2D eigenvalue weighted by atomic mass is 10.0. The minimum atomic E-state index is 0.0778. The van der Waals surface area contributed by atoms with E-state index < -0.39 is 0 Å². The third-order valence-electron chi connectivity index (χ3n) is 2.74. The second-order valence-electron chi connectivity index (χ2n) is 4.06. The Morgan fingerprint density at radius 1 is 1.29 bits per heavy atom. The van der Waals surface area contributed by atoms with Crippen LogP contribution in [-0.2, 0) is 16.0 Å². The molecule has 4 nitrogen and oxygen atoms in total. The minimum absolute atomic E-state index is 0.0778. The van der Waals surface area contributed by atoms with Gasteiger partial charge in [0.1, 0.15) is 5.75 Å². The maximum absolute atomic E-state index is 11.3. The molecule has 1 amide bonds. The molecule has 1 aromatic carbocycles. The van der Waals surface area contributed by atoms with Crippen molar-refractivity contribution >= 4 is 11.6 Å². The summed E-state index contributed by atoms with van der Waals surface area (Å²) in [5.41, 5.74) is 2.05. The van der Waals surface area contributed by atoms with E-state index in [1.807, 2.05) is 18.2 Å². The van der Waals surface area contributed by atoms with Gasteiger partial charge < -0.3 is 14.8 Å². The van der Waals surface area contributed by atoms with Crippen molar-refractivity contribution in [3.8, 4) is 5.75 Å². The molecule has 0 saturated heterocycles. The Hall–Kier alpha value is -1.55. The van der Waals surface area contributed by atoms with E-state index >= 15 is 0 Å². The van der Waals surface area contributed by atoms with Crippen LogP contribution in [0.15, 0.2) is 18.2 Å². The number of ether oxygens (including phenoxy) is 2. The molecule has 0 spiro atoms. The lowest BCUT2D eigenvalue weighted by Crippen LogP contribution is -2.18. The number of hydrogen-bond acceptors (Lipinski definition) is 3. The number of carbonyl (C=O) groups is 1. The van der Waals surface area contributed by atoms with Crippen molar-refractivity contribution in [1.82, 2.24) is 0 Å². The number of anilines is 1. The SMILES string of the molecule is COCCCOc1ccc2c(c1)NC(=O)CC2. The van der Waals surface area contributed by atoms with Gasteiger partial charge in [-0.25, -0.2) is 0 Å². The largest absolute Gasteiger partial charge is 0.493 e. The predicted molar refractivity (Wildman–Crippen MR) is 65.4 cm³/mol. The predicted octanol–water partition coefficient (Wildman–Crippen LogP) is 1.99. The van der Waals surface area contributed by atoms with Crippen LogP contribution in [0.3, 0.4) is 0 Å². The summed E-state index contributed by atoms with van der Waals surface area (Å²) in [4.78, 5) is 11.3. The molecule has 0 saturated carbocycles. The number of hydrogen-bond donors (Lipinski definition) is 1. The van der Waals surface area contributed by atoms with E-state index in [9.17, 15) is 4.79 Å². The van der Waals surface area contributed by atoms with Gasteiger partial charge in [-0.3, -0.25) is 4.79 Å². The lowest BCUT2D eigenvalue weighted by Gasteiger charge is -2.17. The molecule has 1 aliphatic heterocycles. The van der Waals surface area contributed by atoms with Crippen molar-refractivity contribution in [1.29, 1.82) is 0 Å². The summed E-state index contributed by atoms with van der Waals surface area (Å²) in [6.07, 6.45) is 2.24. The number of nitrogens with one attached hydrogen (secondary N) is 1. The molecule has 1 heterocycles.